The molecule has 1 N–H and O–H groups in total. The first-order valence-corrected chi connectivity index (χ1v) is 9.60. The van der Waals surface area contributed by atoms with Crippen LogP contribution in [0.15, 0.2) is 94.7 Å². The molecule has 0 saturated heterocycles. The second-order valence-electron chi connectivity index (χ2n) is 6.75. The van der Waals surface area contributed by atoms with Gasteiger partial charge in [-0.05, 0) is 42.5 Å². The van der Waals surface area contributed by atoms with E-state index in [2.05, 4.69) is 20.5 Å². The summed E-state index contributed by atoms with van der Waals surface area (Å²) in [6.45, 7) is 0. The van der Waals surface area contributed by atoms with Crippen LogP contribution in [0.25, 0.3) is 16.8 Å². The van der Waals surface area contributed by atoms with Crippen LogP contribution in [-0.2, 0) is 0 Å². The smallest absolute Gasteiger partial charge is 0.291 e. The number of carbonyl (C=O) groups excluding carboxylic acids is 1. The highest BCUT2D eigenvalue weighted by molar-refractivity contribution is 6.03. The number of fused-ring (bicyclic) bond motifs is 1. The van der Waals surface area contributed by atoms with Gasteiger partial charge in [0.25, 0.3) is 5.91 Å². The van der Waals surface area contributed by atoms with E-state index >= 15 is 0 Å². The Bertz CT molecular complexity index is 1440. The Morgan fingerprint density at radius 1 is 1.00 bits per heavy atom. The first kappa shape index (κ1) is 19.2. The van der Waals surface area contributed by atoms with Crippen LogP contribution in [0, 0.1) is 0 Å². The summed E-state index contributed by atoms with van der Waals surface area (Å²) in [7, 11) is 0. The van der Waals surface area contributed by atoms with E-state index in [1.165, 1.54) is 6.07 Å². The third-order valence-electron chi connectivity index (χ3n) is 4.59. The van der Waals surface area contributed by atoms with Crippen LogP contribution >= 0.6 is 0 Å². The van der Waals surface area contributed by atoms with Gasteiger partial charge in [0.1, 0.15) is 17.7 Å². The number of imidazole rings is 1. The second kappa shape index (κ2) is 8.15. The quantitative estimate of drug-likeness (QED) is 0.456. The Morgan fingerprint density at radius 2 is 1.84 bits per heavy atom. The molecule has 1 amide bonds. The van der Waals surface area contributed by atoms with Gasteiger partial charge in [-0.25, -0.2) is 4.98 Å². The van der Waals surface area contributed by atoms with Gasteiger partial charge in [-0.15, -0.1) is 10.2 Å². The zero-order valence-electron chi connectivity index (χ0n) is 16.5. The Morgan fingerprint density at radius 3 is 2.59 bits per heavy atom. The monoisotopic (exact) mass is 425 g/mol. The number of hydrogen-bond acceptors (Lipinski definition) is 7. The molecule has 2 aromatic carbocycles. The van der Waals surface area contributed by atoms with Crippen LogP contribution in [-0.4, -0.2) is 25.7 Å². The minimum absolute atomic E-state index is 0.0673. The summed E-state index contributed by atoms with van der Waals surface area (Å²) in [4.78, 5) is 28.7. The van der Waals surface area contributed by atoms with E-state index in [1.54, 1.807) is 84.0 Å². The summed E-state index contributed by atoms with van der Waals surface area (Å²) >= 11 is 0. The van der Waals surface area contributed by atoms with E-state index in [0.717, 1.165) is 0 Å². The lowest BCUT2D eigenvalue weighted by Gasteiger charge is -2.08. The third-order valence-corrected chi connectivity index (χ3v) is 4.59. The van der Waals surface area contributed by atoms with Gasteiger partial charge in [-0.3, -0.25) is 14.2 Å². The largest absolute Gasteiger partial charge is 0.451 e. The molecule has 32 heavy (non-hydrogen) atoms. The Hall–Kier alpha value is -4.79. The van der Waals surface area contributed by atoms with E-state index in [4.69, 9.17) is 9.15 Å². The Kier molecular flexibility index (Phi) is 4.89. The molecule has 9 heteroatoms. The Labute approximate surface area is 180 Å². The van der Waals surface area contributed by atoms with Crippen LogP contribution in [0.1, 0.15) is 10.6 Å². The van der Waals surface area contributed by atoms with Gasteiger partial charge < -0.3 is 14.5 Å². The fourth-order valence-electron chi connectivity index (χ4n) is 3.04. The first-order chi connectivity index (χ1) is 15.7. The summed E-state index contributed by atoms with van der Waals surface area (Å²) in [5.41, 5.74) is 0.592. The van der Waals surface area contributed by atoms with E-state index in [-0.39, 0.29) is 11.2 Å². The standard InChI is InChI=1S/C23H15N5O4/c29-18-13-20(32-19-4-2-1-3-17(18)19)23(30)25-15-5-7-16(8-6-15)31-22-10-9-21(26-27-22)28-12-11-24-14-28/h1-14H,(H,25,30). The van der Waals surface area contributed by atoms with Crippen LogP contribution in [0.5, 0.6) is 11.6 Å². The fourth-order valence-corrected chi connectivity index (χ4v) is 3.04. The minimum atomic E-state index is -0.525. The van der Waals surface area contributed by atoms with Crippen LogP contribution < -0.4 is 15.5 Å². The second-order valence-corrected chi connectivity index (χ2v) is 6.75. The minimum Gasteiger partial charge on any atom is -0.451 e. The molecule has 5 aromatic rings. The van der Waals surface area contributed by atoms with Crippen molar-refractivity contribution >= 4 is 22.6 Å². The molecule has 3 aromatic heterocycles. The maximum atomic E-state index is 12.5. The number of anilines is 1. The molecule has 0 bridgehead atoms. The highest BCUT2D eigenvalue weighted by atomic mass is 16.5. The van der Waals surface area contributed by atoms with Crippen LogP contribution in [0.3, 0.4) is 0 Å². The lowest BCUT2D eigenvalue weighted by atomic mass is 10.2. The maximum Gasteiger partial charge on any atom is 0.291 e. The molecule has 0 aliphatic heterocycles. The summed E-state index contributed by atoms with van der Waals surface area (Å²) in [5.74, 6) is 0.867. The zero-order chi connectivity index (χ0) is 21.9. The highest BCUT2D eigenvalue weighted by Crippen LogP contribution is 2.22. The summed E-state index contributed by atoms with van der Waals surface area (Å²) in [6.07, 6.45) is 5.04. The topological polar surface area (TPSA) is 112 Å². The summed E-state index contributed by atoms with van der Waals surface area (Å²) in [6, 6.07) is 18.1. The zero-order valence-corrected chi connectivity index (χ0v) is 16.5. The molecule has 0 atom stereocenters. The van der Waals surface area contributed by atoms with Gasteiger partial charge in [-0.1, -0.05) is 12.1 Å². The van der Waals surface area contributed by atoms with Crippen molar-refractivity contribution in [1.29, 1.82) is 0 Å². The van der Waals surface area contributed by atoms with Crippen molar-refractivity contribution in [3.05, 3.63) is 101 Å². The average molecular weight is 425 g/mol. The van der Waals surface area contributed by atoms with E-state index in [9.17, 15) is 9.59 Å². The highest BCUT2D eigenvalue weighted by Gasteiger charge is 2.12. The predicted molar refractivity (Wildman–Crippen MR) is 116 cm³/mol. The number of amides is 1. The van der Waals surface area contributed by atoms with Gasteiger partial charge in [0.2, 0.25) is 5.88 Å². The van der Waals surface area contributed by atoms with Gasteiger partial charge in [0.05, 0.1) is 5.39 Å². The van der Waals surface area contributed by atoms with E-state index in [0.29, 0.717) is 34.1 Å². The molecule has 0 aliphatic carbocycles. The van der Waals surface area contributed by atoms with Crippen molar-refractivity contribution < 1.29 is 13.9 Å². The first-order valence-electron chi connectivity index (χ1n) is 9.60. The molecule has 5 rings (SSSR count). The van der Waals surface area contributed by atoms with Gasteiger partial charge >= 0.3 is 0 Å². The lowest BCUT2D eigenvalue weighted by Crippen LogP contribution is -2.14. The average Bonchev–Trinajstić information content (AvgIpc) is 3.36. The van der Waals surface area contributed by atoms with Crippen LogP contribution in [0.4, 0.5) is 5.69 Å². The van der Waals surface area contributed by atoms with Crippen molar-refractivity contribution in [3.8, 4) is 17.4 Å². The molecule has 0 radical (unpaired) electrons. The van der Waals surface area contributed by atoms with Crippen LogP contribution in [0.2, 0.25) is 0 Å². The molecule has 0 spiro atoms. The van der Waals surface area contributed by atoms with E-state index in [1.807, 2.05) is 0 Å². The van der Waals surface area contributed by atoms with Crippen molar-refractivity contribution in [2.75, 3.05) is 5.32 Å². The van der Waals surface area contributed by atoms with Crippen molar-refractivity contribution in [3.63, 3.8) is 0 Å². The number of hydrogen-bond donors (Lipinski definition) is 1. The van der Waals surface area contributed by atoms with E-state index < -0.39 is 5.91 Å². The number of nitrogens with one attached hydrogen (secondary N) is 1. The Balaban J connectivity index is 1.27. The van der Waals surface area contributed by atoms with Crippen molar-refractivity contribution in [2.45, 2.75) is 0 Å². The number of rotatable bonds is 5. The number of benzene rings is 2. The fraction of sp³-hybridized carbons (Fsp3) is 0. The normalized spacial score (nSPS) is 10.8. The number of carbonyl (C=O) groups is 1. The molecule has 156 valence electrons. The molecule has 0 saturated carbocycles. The molecule has 3 heterocycles. The van der Waals surface area contributed by atoms with Crippen molar-refractivity contribution in [1.82, 2.24) is 19.7 Å². The number of para-hydroxylation sites is 1. The maximum absolute atomic E-state index is 12.5. The summed E-state index contributed by atoms with van der Waals surface area (Å²) < 4.78 is 13.0. The third kappa shape index (κ3) is 3.94. The molecule has 9 nitrogen and oxygen atoms in total. The number of nitrogens with zero attached hydrogens (tertiary/aromatic N) is 4. The van der Waals surface area contributed by atoms with Gasteiger partial charge in [-0.2, -0.15) is 0 Å². The van der Waals surface area contributed by atoms with Crippen molar-refractivity contribution in [2.24, 2.45) is 0 Å². The van der Waals surface area contributed by atoms with Gasteiger partial charge in [0, 0.05) is 30.2 Å². The SMILES string of the molecule is O=C(Nc1ccc(Oc2ccc(-n3ccnc3)nn2)cc1)c1cc(=O)c2ccccc2o1. The lowest BCUT2D eigenvalue weighted by molar-refractivity contribution is 0.0997. The molecule has 0 aliphatic rings. The number of aromatic nitrogens is 4. The summed E-state index contributed by atoms with van der Waals surface area (Å²) in [5, 5.41) is 11.3. The number of ether oxygens (including phenoxy) is 1. The molecular formula is C23H15N5O4. The molecular weight excluding hydrogens is 410 g/mol. The van der Waals surface area contributed by atoms with Gasteiger partial charge in [0.15, 0.2) is 17.0 Å². The molecule has 0 fully saturated rings. The predicted octanol–water partition coefficient (Wildman–Crippen LogP) is 3.81. The molecule has 0 unspecified atom stereocenters.